The Kier molecular flexibility index (Phi) is 5.05. The number of piperidine rings is 1. The third-order valence-corrected chi connectivity index (χ3v) is 5.10. The summed E-state index contributed by atoms with van der Waals surface area (Å²) in [6.45, 7) is 6.43. The third-order valence-electron chi connectivity index (χ3n) is 4.76. The Morgan fingerprint density at radius 1 is 1.35 bits per heavy atom. The molecule has 1 aromatic rings. The number of likely N-dealkylation sites (tertiary alicyclic amines) is 1. The molecular formula is C16H24ClFN2. The molecule has 0 spiro atoms. The second kappa shape index (κ2) is 6.42. The highest BCUT2D eigenvalue weighted by Crippen LogP contribution is 2.37. The highest BCUT2D eigenvalue weighted by Gasteiger charge is 2.38. The number of nitrogens with two attached hydrogens (primary N) is 1. The predicted molar refractivity (Wildman–Crippen MR) is 82.5 cm³/mol. The molecule has 2 atom stereocenters. The second-order valence-corrected chi connectivity index (χ2v) is 6.31. The van der Waals surface area contributed by atoms with E-state index in [0.29, 0.717) is 10.6 Å². The fourth-order valence-electron chi connectivity index (χ4n) is 3.13. The lowest BCUT2D eigenvalue weighted by Crippen LogP contribution is -2.54. The predicted octanol–water partition coefficient (Wildman–Crippen LogP) is 4.13. The number of nitrogens with zero attached hydrogens (tertiary/aromatic N) is 1. The largest absolute Gasteiger partial charge is 0.322 e. The molecule has 2 unspecified atom stereocenters. The van der Waals surface area contributed by atoms with E-state index in [4.69, 9.17) is 17.3 Å². The van der Waals surface area contributed by atoms with Gasteiger partial charge in [0.1, 0.15) is 5.82 Å². The van der Waals surface area contributed by atoms with Crippen molar-refractivity contribution >= 4 is 11.6 Å². The summed E-state index contributed by atoms with van der Waals surface area (Å²) in [7, 11) is 0. The van der Waals surface area contributed by atoms with Crippen molar-refractivity contribution in [1.29, 1.82) is 0 Å². The van der Waals surface area contributed by atoms with Crippen molar-refractivity contribution in [3.05, 3.63) is 34.6 Å². The van der Waals surface area contributed by atoms with E-state index >= 15 is 0 Å². The Balaban J connectivity index is 2.31. The molecule has 2 rings (SSSR count). The fraction of sp³-hybridized carbons (Fsp3) is 0.625. The standard InChI is InChI=1S/C16H24ClFN2/c1-3-16(2,20-9-5-4-6-10-20)15(19)13-11-12(18)7-8-14(13)17/h7-8,11,15H,3-6,9-10,19H2,1-2H3. The van der Waals surface area contributed by atoms with Crippen LogP contribution in [0.1, 0.15) is 51.1 Å². The first-order valence-electron chi connectivity index (χ1n) is 7.44. The highest BCUT2D eigenvalue weighted by atomic mass is 35.5. The molecule has 20 heavy (non-hydrogen) atoms. The topological polar surface area (TPSA) is 29.3 Å². The van der Waals surface area contributed by atoms with Crippen molar-refractivity contribution in [3.63, 3.8) is 0 Å². The van der Waals surface area contributed by atoms with Gasteiger partial charge in [-0.3, -0.25) is 4.90 Å². The van der Waals surface area contributed by atoms with Gasteiger partial charge in [-0.05, 0) is 63.0 Å². The lowest BCUT2D eigenvalue weighted by atomic mass is 9.82. The van der Waals surface area contributed by atoms with E-state index in [9.17, 15) is 4.39 Å². The van der Waals surface area contributed by atoms with Gasteiger partial charge in [0, 0.05) is 16.6 Å². The van der Waals surface area contributed by atoms with Crippen LogP contribution in [0, 0.1) is 5.82 Å². The quantitative estimate of drug-likeness (QED) is 0.905. The maximum absolute atomic E-state index is 13.5. The van der Waals surface area contributed by atoms with Crippen LogP contribution >= 0.6 is 11.6 Å². The first kappa shape index (κ1) is 15.7. The number of hydrogen-bond donors (Lipinski definition) is 1. The minimum Gasteiger partial charge on any atom is -0.322 e. The molecule has 4 heteroatoms. The molecule has 0 amide bonds. The molecule has 0 saturated carbocycles. The molecule has 1 fully saturated rings. The van der Waals surface area contributed by atoms with E-state index in [2.05, 4.69) is 18.7 Å². The maximum Gasteiger partial charge on any atom is 0.123 e. The Morgan fingerprint density at radius 2 is 2.00 bits per heavy atom. The lowest BCUT2D eigenvalue weighted by Gasteiger charge is -2.47. The Morgan fingerprint density at radius 3 is 2.60 bits per heavy atom. The zero-order valence-electron chi connectivity index (χ0n) is 12.3. The van der Waals surface area contributed by atoms with Crippen molar-refractivity contribution in [1.82, 2.24) is 4.90 Å². The van der Waals surface area contributed by atoms with E-state index in [0.717, 1.165) is 19.5 Å². The summed E-state index contributed by atoms with van der Waals surface area (Å²) in [5.74, 6) is -0.281. The molecule has 112 valence electrons. The second-order valence-electron chi connectivity index (χ2n) is 5.90. The third kappa shape index (κ3) is 3.00. The van der Waals surface area contributed by atoms with E-state index in [1.54, 1.807) is 6.07 Å². The van der Waals surface area contributed by atoms with Crippen LogP contribution in [0.5, 0.6) is 0 Å². The minimum absolute atomic E-state index is 0.183. The molecule has 1 aliphatic rings. The number of hydrogen-bond acceptors (Lipinski definition) is 2. The van der Waals surface area contributed by atoms with Crippen LogP contribution in [0.2, 0.25) is 5.02 Å². The zero-order valence-corrected chi connectivity index (χ0v) is 13.1. The van der Waals surface area contributed by atoms with Gasteiger partial charge in [0.15, 0.2) is 0 Å². The van der Waals surface area contributed by atoms with Crippen LogP contribution in [0.15, 0.2) is 18.2 Å². The van der Waals surface area contributed by atoms with E-state index in [-0.39, 0.29) is 17.4 Å². The van der Waals surface area contributed by atoms with Crippen LogP contribution in [-0.2, 0) is 0 Å². The van der Waals surface area contributed by atoms with E-state index in [1.165, 1.54) is 31.4 Å². The number of benzene rings is 1. The maximum atomic E-state index is 13.5. The minimum atomic E-state index is -0.284. The van der Waals surface area contributed by atoms with Gasteiger partial charge < -0.3 is 5.73 Å². The van der Waals surface area contributed by atoms with Gasteiger partial charge in [0.25, 0.3) is 0 Å². The lowest BCUT2D eigenvalue weighted by molar-refractivity contribution is 0.0542. The number of halogens is 2. The monoisotopic (exact) mass is 298 g/mol. The van der Waals surface area contributed by atoms with E-state index in [1.807, 2.05) is 0 Å². The fourth-order valence-corrected chi connectivity index (χ4v) is 3.37. The van der Waals surface area contributed by atoms with Crippen LogP contribution in [0.25, 0.3) is 0 Å². The van der Waals surface area contributed by atoms with Crippen molar-refractivity contribution in [2.24, 2.45) is 5.73 Å². The summed E-state index contributed by atoms with van der Waals surface area (Å²) >= 11 is 6.23. The molecule has 0 aromatic heterocycles. The number of rotatable bonds is 4. The van der Waals surface area contributed by atoms with Gasteiger partial charge in [-0.15, -0.1) is 0 Å². The summed E-state index contributed by atoms with van der Waals surface area (Å²) in [6, 6.07) is 4.17. The smallest absolute Gasteiger partial charge is 0.123 e. The normalized spacial score (nSPS) is 21.4. The first-order valence-corrected chi connectivity index (χ1v) is 7.82. The van der Waals surface area contributed by atoms with Gasteiger partial charge in [0.2, 0.25) is 0 Å². The molecule has 1 saturated heterocycles. The zero-order chi connectivity index (χ0) is 14.8. The summed E-state index contributed by atoms with van der Waals surface area (Å²) in [4.78, 5) is 2.45. The molecule has 0 aliphatic carbocycles. The average Bonchev–Trinajstić information content (AvgIpc) is 2.49. The molecular weight excluding hydrogens is 275 g/mol. The molecule has 2 nitrogen and oxygen atoms in total. The van der Waals surface area contributed by atoms with Crippen molar-refractivity contribution in [3.8, 4) is 0 Å². The van der Waals surface area contributed by atoms with Gasteiger partial charge in [-0.1, -0.05) is 24.9 Å². The molecule has 1 aliphatic heterocycles. The van der Waals surface area contributed by atoms with Gasteiger partial charge in [-0.2, -0.15) is 0 Å². The van der Waals surface area contributed by atoms with Crippen molar-refractivity contribution < 1.29 is 4.39 Å². The van der Waals surface area contributed by atoms with Crippen LogP contribution in [0.3, 0.4) is 0 Å². The molecule has 2 N–H and O–H groups in total. The van der Waals surface area contributed by atoms with Crippen LogP contribution in [0.4, 0.5) is 4.39 Å². The van der Waals surface area contributed by atoms with Crippen LogP contribution < -0.4 is 5.73 Å². The Bertz CT molecular complexity index is 460. The summed E-state index contributed by atoms with van der Waals surface area (Å²) in [5.41, 5.74) is 7.02. The molecule has 0 bridgehead atoms. The Labute approximate surface area is 126 Å². The average molecular weight is 299 g/mol. The van der Waals surface area contributed by atoms with Crippen LogP contribution in [-0.4, -0.2) is 23.5 Å². The van der Waals surface area contributed by atoms with E-state index < -0.39 is 0 Å². The molecule has 0 radical (unpaired) electrons. The molecule has 1 aromatic carbocycles. The highest BCUT2D eigenvalue weighted by molar-refractivity contribution is 6.31. The first-order chi connectivity index (χ1) is 9.49. The summed E-state index contributed by atoms with van der Waals surface area (Å²) < 4.78 is 13.5. The SMILES string of the molecule is CCC(C)(C(N)c1cc(F)ccc1Cl)N1CCCCC1. The van der Waals surface area contributed by atoms with Gasteiger partial charge in [-0.25, -0.2) is 4.39 Å². The van der Waals surface area contributed by atoms with Crippen molar-refractivity contribution in [2.75, 3.05) is 13.1 Å². The molecule has 1 heterocycles. The van der Waals surface area contributed by atoms with Gasteiger partial charge in [0.05, 0.1) is 0 Å². The Hall–Kier alpha value is -0.640. The van der Waals surface area contributed by atoms with Gasteiger partial charge >= 0.3 is 0 Å². The summed E-state index contributed by atoms with van der Waals surface area (Å²) in [6.07, 6.45) is 4.62. The summed E-state index contributed by atoms with van der Waals surface area (Å²) in [5, 5.41) is 0.551. The van der Waals surface area contributed by atoms with Crippen molar-refractivity contribution in [2.45, 2.75) is 51.1 Å².